The van der Waals surface area contributed by atoms with Crippen molar-refractivity contribution in [3.05, 3.63) is 29.6 Å². The Balaban J connectivity index is 2.95. The first-order valence-electron chi connectivity index (χ1n) is 3.85. The molecule has 0 amide bonds. The van der Waals surface area contributed by atoms with Crippen molar-refractivity contribution in [2.75, 3.05) is 7.05 Å². The Morgan fingerprint density at radius 1 is 1.58 bits per heavy atom. The third-order valence-corrected chi connectivity index (χ3v) is 1.66. The van der Waals surface area contributed by atoms with E-state index in [9.17, 15) is 0 Å². The number of nitrogens with one attached hydrogen (secondary N) is 1. The van der Waals surface area contributed by atoms with Gasteiger partial charge in [0.15, 0.2) is 0 Å². The van der Waals surface area contributed by atoms with E-state index >= 15 is 0 Å². The lowest BCUT2D eigenvalue weighted by atomic mass is 10.2. The Labute approximate surface area is 73.0 Å². The van der Waals surface area contributed by atoms with Crippen LogP contribution in [0.1, 0.15) is 17.4 Å². The van der Waals surface area contributed by atoms with Crippen LogP contribution < -0.4 is 5.32 Å². The molecule has 0 bridgehead atoms. The number of nitrogens with zero attached hydrogens (tertiary/aromatic N) is 1. The lowest BCUT2D eigenvalue weighted by Crippen LogP contribution is -2.15. The van der Waals surface area contributed by atoms with Gasteiger partial charge in [0.1, 0.15) is 6.04 Å². The molecule has 2 nitrogen and oxygen atoms in total. The van der Waals surface area contributed by atoms with E-state index < -0.39 is 0 Å². The number of aryl methyl sites for hydroxylation is 1. The lowest BCUT2D eigenvalue weighted by Gasteiger charge is -2.08. The zero-order valence-electron chi connectivity index (χ0n) is 7.33. The first-order valence-corrected chi connectivity index (χ1v) is 3.85. The zero-order chi connectivity index (χ0) is 8.97. The fourth-order valence-corrected chi connectivity index (χ4v) is 1.04. The Morgan fingerprint density at radius 3 is 2.83 bits per heavy atom. The molecular weight excluding hydrogens is 148 g/mol. The number of terminal acetylenes is 1. The number of hydrogen-bond acceptors (Lipinski definition) is 2. The van der Waals surface area contributed by atoms with Gasteiger partial charge in [0, 0.05) is 5.69 Å². The van der Waals surface area contributed by atoms with Crippen molar-refractivity contribution in [3.63, 3.8) is 0 Å². The molecule has 1 aromatic heterocycles. The molecule has 0 saturated carbocycles. The molecule has 62 valence electrons. The second-order valence-electron chi connectivity index (χ2n) is 2.59. The van der Waals surface area contributed by atoms with Crippen molar-refractivity contribution in [1.82, 2.24) is 10.3 Å². The van der Waals surface area contributed by atoms with Crippen LogP contribution in [0, 0.1) is 19.3 Å². The SMILES string of the molecule is C#CC(NC)c1cccc(C)n1. The molecule has 2 heteroatoms. The van der Waals surface area contributed by atoms with Crippen molar-refractivity contribution >= 4 is 0 Å². The first kappa shape index (κ1) is 8.76. The molecular formula is C10H12N2. The molecule has 1 unspecified atom stereocenters. The van der Waals surface area contributed by atoms with E-state index in [2.05, 4.69) is 16.2 Å². The Hall–Kier alpha value is -1.33. The van der Waals surface area contributed by atoms with Crippen LogP contribution in [-0.2, 0) is 0 Å². The van der Waals surface area contributed by atoms with Gasteiger partial charge in [-0.3, -0.25) is 4.98 Å². The molecule has 0 aliphatic carbocycles. The largest absolute Gasteiger partial charge is 0.302 e. The number of hydrogen-bond donors (Lipinski definition) is 1. The van der Waals surface area contributed by atoms with Crippen LogP contribution in [0.4, 0.5) is 0 Å². The molecule has 0 radical (unpaired) electrons. The van der Waals surface area contributed by atoms with Crippen LogP contribution in [-0.4, -0.2) is 12.0 Å². The van der Waals surface area contributed by atoms with Crippen LogP contribution in [0.5, 0.6) is 0 Å². The van der Waals surface area contributed by atoms with Crippen LogP contribution >= 0.6 is 0 Å². The van der Waals surface area contributed by atoms with Gasteiger partial charge in [-0.1, -0.05) is 12.0 Å². The molecule has 0 aromatic carbocycles. The van der Waals surface area contributed by atoms with Crippen LogP contribution in [0.2, 0.25) is 0 Å². The first-order chi connectivity index (χ1) is 5.77. The van der Waals surface area contributed by atoms with Crippen molar-refractivity contribution in [3.8, 4) is 12.3 Å². The van der Waals surface area contributed by atoms with Crippen molar-refractivity contribution < 1.29 is 0 Å². The van der Waals surface area contributed by atoms with Gasteiger partial charge in [-0.25, -0.2) is 0 Å². The van der Waals surface area contributed by atoms with Crippen LogP contribution in [0.3, 0.4) is 0 Å². The quantitative estimate of drug-likeness (QED) is 0.659. The molecule has 1 rings (SSSR count). The van der Waals surface area contributed by atoms with Gasteiger partial charge >= 0.3 is 0 Å². The molecule has 1 aromatic rings. The summed E-state index contributed by atoms with van der Waals surface area (Å²) in [4.78, 5) is 4.31. The highest BCUT2D eigenvalue weighted by Crippen LogP contribution is 2.08. The summed E-state index contributed by atoms with van der Waals surface area (Å²) in [5.74, 6) is 2.62. The van der Waals surface area contributed by atoms with Gasteiger partial charge < -0.3 is 5.32 Å². The minimum absolute atomic E-state index is 0.0788. The predicted octanol–water partition coefficient (Wildman–Crippen LogP) is 1.28. The van der Waals surface area contributed by atoms with E-state index in [1.54, 1.807) is 0 Å². The van der Waals surface area contributed by atoms with E-state index in [0.717, 1.165) is 11.4 Å². The zero-order valence-corrected chi connectivity index (χ0v) is 7.33. The summed E-state index contributed by atoms with van der Waals surface area (Å²) in [6.45, 7) is 1.95. The summed E-state index contributed by atoms with van der Waals surface area (Å²) in [7, 11) is 1.83. The van der Waals surface area contributed by atoms with Gasteiger partial charge in [-0.15, -0.1) is 6.42 Å². The average molecular weight is 160 g/mol. The number of pyridine rings is 1. The summed E-state index contributed by atoms with van der Waals surface area (Å²) in [6, 6.07) is 5.75. The fourth-order valence-electron chi connectivity index (χ4n) is 1.04. The maximum atomic E-state index is 5.31. The highest BCUT2D eigenvalue weighted by atomic mass is 14.9. The molecule has 0 fully saturated rings. The summed E-state index contributed by atoms with van der Waals surface area (Å²) in [6.07, 6.45) is 5.31. The number of aromatic nitrogens is 1. The normalized spacial score (nSPS) is 12.1. The van der Waals surface area contributed by atoms with Crippen LogP contribution in [0.25, 0.3) is 0 Å². The molecule has 12 heavy (non-hydrogen) atoms. The lowest BCUT2D eigenvalue weighted by molar-refractivity contribution is 0.710. The summed E-state index contributed by atoms with van der Waals surface area (Å²) >= 11 is 0. The maximum Gasteiger partial charge on any atom is 0.111 e. The van der Waals surface area contributed by atoms with Gasteiger partial charge in [0.05, 0.1) is 5.69 Å². The monoisotopic (exact) mass is 160 g/mol. The van der Waals surface area contributed by atoms with Crippen molar-refractivity contribution in [2.24, 2.45) is 0 Å². The molecule has 0 spiro atoms. The smallest absolute Gasteiger partial charge is 0.111 e. The number of rotatable bonds is 2. The van der Waals surface area contributed by atoms with Gasteiger partial charge in [0.25, 0.3) is 0 Å². The van der Waals surface area contributed by atoms with Crippen LogP contribution in [0.15, 0.2) is 18.2 Å². The molecule has 0 saturated heterocycles. The molecule has 1 heterocycles. The van der Waals surface area contributed by atoms with Gasteiger partial charge in [-0.05, 0) is 26.1 Å². The third kappa shape index (κ3) is 1.84. The highest BCUT2D eigenvalue weighted by molar-refractivity contribution is 5.20. The van der Waals surface area contributed by atoms with Gasteiger partial charge in [0.2, 0.25) is 0 Å². The Morgan fingerprint density at radius 2 is 2.33 bits per heavy atom. The minimum atomic E-state index is -0.0788. The van der Waals surface area contributed by atoms with Crippen molar-refractivity contribution in [2.45, 2.75) is 13.0 Å². The summed E-state index contributed by atoms with van der Waals surface area (Å²) in [5, 5.41) is 3.00. The standard InChI is InChI=1S/C10H12N2/c1-4-9(11-3)10-7-5-6-8(2)12-10/h1,5-7,9,11H,2-3H3. The molecule has 0 aliphatic heterocycles. The average Bonchev–Trinajstić information content (AvgIpc) is 2.07. The van der Waals surface area contributed by atoms with E-state index in [1.807, 2.05) is 32.2 Å². The second-order valence-corrected chi connectivity index (χ2v) is 2.59. The Kier molecular flexibility index (Phi) is 2.84. The molecule has 1 N–H and O–H groups in total. The van der Waals surface area contributed by atoms with Gasteiger partial charge in [-0.2, -0.15) is 0 Å². The predicted molar refractivity (Wildman–Crippen MR) is 49.6 cm³/mol. The minimum Gasteiger partial charge on any atom is -0.302 e. The molecule has 0 aliphatic rings. The second kappa shape index (κ2) is 3.89. The van der Waals surface area contributed by atoms with E-state index in [1.165, 1.54) is 0 Å². The van der Waals surface area contributed by atoms with E-state index in [-0.39, 0.29) is 6.04 Å². The fraction of sp³-hybridized carbons (Fsp3) is 0.300. The third-order valence-electron chi connectivity index (χ3n) is 1.66. The summed E-state index contributed by atoms with van der Waals surface area (Å²) < 4.78 is 0. The maximum absolute atomic E-state index is 5.31. The summed E-state index contributed by atoms with van der Waals surface area (Å²) in [5.41, 5.74) is 1.89. The van der Waals surface area contributed by atoms with E-state index in [4.69, 9.17) is 6.42 Å². The van der Waals surface area contributed by atoms with E-state index in [0.29, 0.717) is 0 Å². The Bertz CT molecular complexity index is 299. The highest BCUT2D eigenvalue weighted by Gasteiger charge is 2.05. The topological polar surface area (TPSA) is 24.9 Å². The van der Waals surface area contributed by atoms with Crippen molar-refractivity contribution in [1.29, 1.82) is 0 Å². The molecule has 1 atom stereocenters.